The number of thiocarbonyl (C=S) groups is 1. The Morgan fingerprint density at radius 2 is 2.00 bits per heavy atom. The standard InChI is InChI=1S/C14H20ClNOS/c1-2-3-4-5-6-9-17-13-8-7-11(14(16)18)10-12(13)15/h7-8,10H,2-6,9H2,1H3,(H2,16,18). The van der Waals surface area contributed by atoms with Gasteiger partial charge in [-0.25, -0.2) is 0 Å². The minimum absolute atomic E-state index is 0.350. The Balaban J connectivity index is 2.36. The van der Waals surface area contributed by atoms with Crippen LogP contribution in [0.15, 0.2) is 18.2 Å². The number of hydrogen-bond donors (Lipinski definition) is 1. The largest absolute Gasteiger partial charge is 0.492 e. The van der Waals surface area contributed by atoms with Gasteiger partial charge in [0.25, 0.3) is 0 Å². The van der Waals surface area contributed by atoms with Gasteiger partial charge in [-0.1, -0.05) is 56.4 Å². The second-order valence-electron chi connectivity index (χ2n) is 4.27. The molecule has 1 aromatic rings. The van der Waals surface area contributed by atoms with Crippen molar-refractivity contribution in [2.45, 2.75) is 39.0 Å². The highest BCUT2D eigenvalue weighted by Crippen LogP contribution is 2.25. The summed E-state index contributed by atoms with van der Waals surface area (Å²) in [5.74, 6) is 0.701. The normalized spacial score (nSPS) is 10.3. The lowest BCUT2D eigenvalue weighted by Crippen LogP contribution is -2.09. The van der Waals surface area contributed by atoms with E-state index in [0.717, 1.165) is 12.0 Å². The van der Waals surface area contributed by atoms with Gasteiger partial charge in [-0.15, -0.1) is 0 Å². The van der Waals surface area contributed by atoms with Crippen molar-refractivity contribution in [3.63, 3.8) is 0 Å². The van der Waals surface area contributed by atoms with Gasteiger partial charge in [0.15, 0.2) is 0 Å². The third-order valence-electron chi connectivity index (χ3n) is 2.72. The molecule has 2 nitrogen and oxygen atoms in total. The Hall–Kier alpha value is -0.800. The minimum Gasteiger partial charge on any atom is -0.492 e. The van der Waals surface area contributed by atoms with E-state index in [9.17, 15) is 0 Å². The minimum atomic E-state index is 0.350. The van der Waals surface area contributed by atoms with E-state index in [0.29, 0.717) is 22.4 Å². The van der Waals surface area contributed by atoms with Crippen molar-refractivity contribution in [1.29, 1.82) is 0 Å². The topological polar surface area (TPSA) is 35.2 Å². The molecule has 0 saturated heterocycles. The molecule has 0 bridgehead atoms. The fourth-order valence-electron chi connectivity index (χ4n) is 1.66. The van der Waals surface area contributed by atoms with E-state index in [2.05, 4.69) is 6.92 Å². The maximum Gasteiger partial charge on any atom is 0.137 e. The molecule has 0 amide bonds. The van der Waals surface area contributed by atoms with Crippen LogP contribution in [0.1, 0.15) is 44.6 Å². The summed E-state index contributed by atoms with van der Waals surface area (Å²) < 4.78 is 5.64. The van der Waals surface area contributed by atoms with Crippen LogP contribution in [-0.4, -0.2) is 11.6 Å². The molecule has 0 aromatic heterocycles. The van der Waals surface area contributed by atoms with E-state index < -0.39 is 0 Å². The SMILES string of the molecule is CCCCCCCOc1ccc(C(N)=S)cc1Cl. The first kappa shape index (κ1) is 15.3. The molecule has 1 aromatic carbocycles. The molecular formula is C14H20ClNOS. The number of ether oxygens (including phenoxy) is 1. The molecule has 0 aliphatic heterocycles. The average Bonchev–Trinajstić information content (AvgIpc) is 2.35. The summed E-state index contributed by atoms with van der Waals surface area (Å²) in [5.41, 5.74) is 6.30. The zero-order valence-corrected chi connectivity index (χ0v) is 12.3. The maximum absolute atomic E-state index is 6.10. The molecule has 18 heavy (non-hydrogen) atoms. The Bertz CT molecular complexity index is 395. The van der Waals surface area contributed by atoms with Gasteiger partial charge in [0.2, 0.25) is 0 Å². The zero-order chi connectivity index (χ0) is 13.4. The lowest BCUT2D eigenvalue weighted by Gasteiger charge is -2.09. The molecule has 0 unspecified atom stereocenters. The first-order valence-electron chi connectivity index (χ1n) is 6.37. The zero-order valence-electron chi connectivity index (χ0n) is 10.7. The second kappa shape index (κ2) is 8.33. The van der Waals surface area contributed by atoms with Gasteiger partial charge >= 0.3 is 0 Å². The van der Waals surface area contributed by atoms with Crippen LogP contribution < -0.4 is 10.5 Å². The van der Waals surface area contributed by atoms with Gasteiger partial charge in [-0.05, 0) is 24.6 Å². The van der Waals surface area contributed by atoms with Crippen LogP contribution in [0.3, 0.4) is 0 Å². The fraction of sp³-hybridized carbons (Fsp3) is 0.500. The lowest BCUT2D eigenvalue weighted by atomic mass is 10.2. The average molecular weight is 286 g/mol. The van der Waals surface area contributed by atoms with Crippen molar-refractivity contribution in [3.8, 4) is 5.75 Å². The molecular weight excluding hydrogens is 266 g/mol. The molecule has 0 aliphatic carbocycles. The number of nitrogens with two attached hydrogens (primary N) is 1. The molecule has 100 valence electrons. The Morgan fingerprint density at radius 1 is 1.28 bits per heavy atom. The number of hydrogen-bond acceptors (Lipinski definition) is 2. The van der Waals surface area contributed by atoms with Crippen LogP contribution in [0, 0.1) is 0 Å². The fourth-order valence-corrected chi connectivity index (χ4v) is 2.02. The third kappa shape index (κ3) is 5.23. The van der Waals surface area contributed by atoms with Crippen molar-refractivity contribution < 1.29 is 4.74 Å². The van der Waals surface area contributed by atoms with Crippen LogP contribution in [0.25, 0.3) is 0 Å². The first-order chi connectivity index (χ1) is 8.65. The summed E-state index contributed by atoms with van der Waals surface area (Å²) in [6, 6.07) is 5.40. The Morgan fingerprint density at radius 3 is 2.61 bits per heavy atom. The van der Waals surface area contributed by atoms with Gasteiger partial charge in [0.05, 0.1) is 11.6 Å². The molecule has 1 rings (SSSR count). The van der Waals surface area contributed by atoms with Gasteiger partial charge in [0, 0.05) is 5.56 Å². The van der Waals surface area contributed by atoms with Crippen LogP contribution in [-0.2, 0) is 0 Å². The Labute approximate surface area is 119 Å². The predicted molar refractivity (Wildman–Crippen MR) is 81.6 cm³/mol. The van der Waals surface area contributed by atoms with E-state index in [1.165, 1.54) is 25.7 Å². The summed E-state index contributed by atoms with van der Waals surface area (Å²) in [7, 11) is 0. The first-order valence-corrected chi connectivity index (χ1v) is 7.16. The van der Waals surface area contributed by atoms with Crippen LogP contribution in [0.5, 0.6) is 5.75 Å². The molecule has 0 heterocycles. The molecule has 0 spiro atoms. The van der Waals surface area contributed by atoms with E-state index in [1.54, 1.807) is 6.07 Å². The van der Waals surface area contributed by atoms with Crippen LogP contribution >= 0.6 is 23.8 Å². The van der Waals surface area contributed by atoms with Gasteiger partial charge in [0.1, 0.15) is 10.7 Å². The molecule has 0 fully saturated rings. The van der Waals surface area contributed by atoms with Crippen molar-refractivity contribution in [3.05, 3.63) is 28.8 Å². The van der Waals surface area contributed by atoms with Gasteiger partial charge in [-0.2, -0.15) is 0 Å². The second-order valence-corrected chi connectivity index (χ2v) is 5.12. The third-order valence-corrected chi connectivity index (χ3v) is 3.25. The van der Waals surface area contributed by atoms with Crippen LogP contribution in [0.2, 0.25) is 5.02 Å². The van der Waals surface area contributed by atoms with E-state index in [1.807, 2.05) is 12.1 Å². The molecule has 0 aliphatic rings. The summed E-state index contributed by atoms with van der Waals surface area (Å²) in [4.78, 5) is 0.350. The van der Waals surface area contributed by atoms with E-state index in [4.69, 9.17) is 34.3 Å². The van der Waals surface area contributed by atoms with E-state index >= 15 is 0 Å². The van der Waals surface area contributed by atoms with Crippen molar-refractivity contribution in [2.24, 2.45) is 5.73 Å². The molecule has 2 N–H and O–H groups in total. The molecule has 0 radical (unpaired) electrons. The summed E-state index contributed by atoms with van der Waals surface area (Å²) in [6.45, 7) is 2.91. The van der Waals surface area contributed by atoms with E-state index in [-0.39, 0.29) is 0 Å². The highest BCUT2D eigenvalue weighted by molar-refractivity contribution is 7.80. The monoisotopic (exact) mass is 285 g/mol. The molecule has 0 saturated carbocycles. The highest BCUT2D eigenvalue weighted by Gasteiger charge is 2.04. The highest BCUT2D eigenvalue weighted by atomic mass is 35.5. The van der Waals surface area contributed by atoms with Crippen LogP contribution in [0.4, 0.5) is 0 Å². The van der Waals surface area contributed by atoms with Crippen molar-refractivity contribution in [2.75, 3.05) is 6.61 Å². The van der Waals surface area contributed by atoms with Crippen molar-refractivity contribution in [1.82, 2.24) is 0 Å². The summed E-state index contributed by atoms with van der Waals surface area (Å²) >= 11 is 11.0. The number of unbranched alkanes of at least 4 members (excludes halogenated alkanes) is 4. The lowest BCUT2D eigenvalue weighted by molar-refractivity contribution is 0.305. The number of benzene rings is 1. The maximum atomic E-state index is 6.10. The smallest absolute Gasteiger partial charge is 0.137 e. The van der Waals surface area contributed by atoms with Gasteiger partial charge in [-0.3, -0.25) is 0 Å². The Kier molecular flexibility index (Phi) is 7.06. The number of halogens is 1. The predicted octanol–water partition coefficient (Wildman–Crippen LogP) is 4.32. The summed E-state index contributed by atoms with van der Waals surface area (Å²) in [5, 5.41) is 0.564. The van der Waals surface area contributed by atoms with Gasteiger partial charge < -0.3 is 10.5 Å². The quantitative estimate of drug-likeness (QED) is 0.570. The number of rotatable bonds is 8. The van der Waals surface area contributed by atoms with Crippen molar-refractivity contribution >= 4 is 28.8 Å². The molecule has 0 atom stereocenters. The summed E-state index contributed by atoms with van der Waals surface area (Å²) in [6.07, 6.45) is 6.09. The molecule has 4 heteroatoms.